The van der Waals surface area contributed by atoms with E-state index < -0.39 is 6.09 Å². The maximum atomic E-state index is 11.7. The van der Waals surface area contributed by atoms with Gasteiger partial charge >= 0.3 is 6.09 Å². The smallest absolute Gasteiger partial charge is 0.407 e. The van der Waals surface area contributed by atoms with Crippen LogP contribution in [0.3, 0.4) is 0 Å². The van der Waals surface area contributed by atoms with E-state index in [0.29, 0.717) is 36.0 Å². The molecule has 0 unspecified atom stereocenters. The van der Waals surface area contributed by atoms with Gasteiger partial charge in [0.1, 0.15) is 6.61 Å². The largest absolute Gasteiger partial charge is 0.504 e. The number of hydrogen-bond acceptors (Lipinski definition) is 7. The molecule has 0 aliphatic carbocycles. The summed E-state index contributed by atoms with van der Waals surface area (Å²) in [6.07, 6.45) is 2.84. The molecule has 0 fully saturated rings. The molecular formula is C22H25N3O5. The van der Waals surface area contributed by atoms with Crippen LogP contribution in [0.25, 0.3) is 11.4 Å². The van der Waals surface area contributed by atoms with Gasteiger partial charge in [0, 0.05) is 18.5 Å². The Morgan fingerprint density at radius 1 is 1.13 bits per heavy atom. The maximum absolute atomic E-state index is 11.7. The van der Waals surface area contributed by atoms with Crippen LogP contribution in [0.5, 0.6) is 11.5 Å². The van der Waals surface area contributed by atoms with Crippen LogP contribution >= 0.6 is 0 Å². The lowest BCUT2D eigenvalue weighted by atomic mass is 10.2. The number of rotatable bonds is 10. The summed E-state index contributed by atoms with van der Waals surface area (Å²) in [5, 5.41) is 16.4. The minimum absolute atomic E-state index is 0.0579. The third-order valence-corrected chi connectivity index (χ3v) is 4.46. The van der Waals surface area contributed by atoms with Crippen molar-refractivity contribution in [3.63, 3.8) is 0 Å². The number of phenols is 1. The van der Waals surface area contributed by atoms with Gasteiger partial charge in [-0.1, -0.05) is 41.9 Å². The minimum Gasteiger partial charge on any atom is -0.504 e. The van der Waals surface area contributed by atoms with Crippen LogP contribution < -0.4 is 10.1 Å². The lowest BCUT2D eigenvalue weighted by Gasteiger charge is -2.06. The summed E-state index contributed by atoms with van der Waals surface area (Å²) in [7, 11) is 1.48. The molecule has 30 heavy (non-hydrogen) atoms. The SMILES string of the molecule is COc1cc(-c2noc(CCCCCNC(=O)OCc3ccccc3)n2)ccc1O. The first-order valence-electron chi connectivity index (χ1n) is 9.80. The van der Waals surface area contributed by atoms with Gasteiger partial charge in [-0.15, -0.1) is 0 Å². The monoisotopic (exact) mass is 411 g/mol. The van der Waals surface area contributed by atoms with Crippen molar-refractivity contribution in [2.24, 2.45) is 0 Å². The zero-order valence-corrected chi connectivity index (χ0v) is 16.8. The van der Waals surface area contributed by atoms with Gasteiger partial charge < -0.3 is 24.4 Å². The molecule has 8 nitrogen and oxygen atoms in total. The summed E-state index contributed by atoms with van der Waals surface area (Å²) >= 11 is 0. The van der Waals surface area contributed by atoms with E-state index in [9.17, 15) is 9.90 Å². The molecule has 0 bridgehead atoms. The number of carbonyl (C=O) groups is 1. The number of nitrogens with zero attached hydrogens (tertiary/aromatic N) is 2. The zero-order chi connectivity index (χ0) is 21.2. The van der Waals surface area contributed by atoms with E-state index in [4.69, 9.17) is 14.0 Å². The predicted molar refractivity (Wildman–Crippen MR) is 110 cm³/mol. The molecule has 0 radical (unpaired) electrons. The van der Waals surface area contributed by atoms with Crippen LogP contribution in [0.15, 0.2) is 53.1 Å². The molecule has 0 saturated heterocycles. The third-order valence-electron chi connectivity index (χ3n) is 4.46. The average molecular weight is 411 g/mol. The van der Waals surface area contributed by atoms with Crippen molar-refractivity contribution < 1.29 is 23.9 Å². The van der Waals surface area contributed by atoms with Crippen LogP contribution in [0.1, 0.15) is 30.7 Å². The number of unbranched alkanes of at least 4 members (excludes halogenated alkanes) is 2. The molecule has 1 aromatic heterocycles. The van der Waals surface area contributed by atoms with E-state index >= 15 is 0 Å². The molecule has 3 rings (SSSR count). The summed E-state index contributed by atoms with van der Waals surface area (Å²) in [5.41, 5.74) is 1.66. The molecule has 2 N–H and O–H groups in total. The van der Waals surface area contributed by atoms with Gasteiger partial charge in [0.25, 0.3) is 0 Å². The Bertz CT molecular complexity index is 943. The molecule has 1 amide bonds. The van der Waals surface area contributed by atoms with E-state index in [1.165, 1.54) is 13.2 Å². The Morgan fingerprint density at radius 2 is 1.97 bits per heavy atom. The molecule has 0 aliphatic rings. The fourth-order valence-corrected chi connectivity index (χ4v) is 2.83. The molecule has 1 heterocycles. The second-order valence-corrected chi connectivity index (χ2v) is 6.70. The van der Waals surface area contributed by atoms with Gasteiger partial charge in [0.15, 0.2) is 11.5 Å². The number of aryl methyl sites for hydroxylation is 1. The number of phenolic OH excluding ortho intramolecular Hbond substituents is 1. The first-order chi connectivity index (χ1) is 14.7. The lowest BCUT2D eigenvalue weighted by Crippen LogP contribution is -2.25. The van der Waals surface area contributed by atoms with Gasteiger partial charge in [0.2, 0.25) is 11.7 Å². The van der Waals surface area contributed by atoms with Crippen molar-refractivity contribution in [3.05, 3.63) is 60.0 Å². The fourth-order valence-electron chi connectivity index (χ4n) is 2.83. The number of aromatic nitrogens is 2. The molecule has 3 aromatic rings. The van der Waals surface area contributed by atoms with E-state index in [1.54, 1.807) is 12.1 Å². The first kappa shape index (κ1) is 21.2. The highest BCUT2D eigenvalue weighted by Crippen LogP contribution is 2.30. The number of hydrogen-bond donors (Lipinski definition) is 2. The second-order valence-electron chi connectivity index (χ2n) is 6.70. The van der Waals surface area contributed by atoms with Gasteiger partial charge in [0.05, 0.1) is 7.11 Å². The summed E-state index contributed by atoms with van der Waals surface area (Å²) in [4.78, 5) is 16.1. The standard InChI is InChI=1S/C22H25N3O5/c1-28-19-14-17(11-12-18(19)26)21-24-20(30-25-21)10-6-3-7-13-23-22(27)29-15-16-8-4-2-5-9-16/h2,4-5,8-9,11-12,14,26H,3,6-7,10,13,15H2,1H3,(H,23,27). The highest BCUT2D eigenvalue weighted by Gasteiger charge is 2.11. The van der Waals surface area contributed by atoms with Crippen LogP contribution in [0.4, 0.5) is 4.79 Å². The Balaban J connectivity index is 1.32. The number of methoxy groups -OCH3 is 1. The van der Waals surface area contributed by atoms with Crippen LogP contribution in [0, 0.1) is 0 Å². The Hall–Kier alpha value is -3.55. The molecule has 158 valence electrons. The summed E-state index contributed by atoms with van der Waals surface area (Å²) in [6.45, 7) is 0.815. The lowest BCUT2D eigenvalue weighted by molar-refractivity contribution is 0.139. The van der Waals surface area contributed by atoms with Gasteiger partial charge in [-0.05, 0) is 36.6 Å². The first-order valence-corrected chi connectivity index (χ1v) is 9.80. The van der Waals surface area contributed by atoms with Crippen molar-refractivity contribution in [3.8, 4) is 22.9 Å². The van der Waals surface area contributed by atoms with Crippen molar-refractivity contribution in [1.82, 2.24) is 15.5 Å². The molecular weight excluding hydrogens is 386 g/mol. The third kappa shape index (κ3) is 6.23. The summed E-state index contributed by atoms with van der Waals surface area (Å²) in [5.74, 6) is 1.41. The fraction of sp³-hybridized carbons (Fsp3) is 0.318. The minimum atomic E-state index is -0.412. The predicted octanol–water partition coefficient (Wildman–Crippen LogP) is 4.09. The van der Waals surface area contributed by atoms with Crippen LogP contribution in [0.2, 0.25) is 0 Å². The van der Waals surface area contributed by atoms with Crippen molar-refractivity contribution in [2.75, 3.05) is 13.7 Å². The molecule has 8 heteroatoms. The van der Waals surface area contributed by atoms with E-state index in [2.05, 4.69) is 15.5 Å². The van der Waals surface area contributed by atoms with E-state index in [-0.39, 0.29) is 12.4 Å². The average Bonchev–Trinajstić information content (AvgIpc) is 3.24. The quantitative estimate of drug-likeness (QED) is 0.484. The number of ether oxygens (including phenoxy) is 2. The van der Waals surface area contributed by atoms with Crippen molar-refractivity contribution in [1.29, 1.82) is 0 Å². The number of amides is 1. The van der Waals surface area contributed by atoms with E-state index in [1.807, 2.05) is 30.3 Å². The molecule has 0 saturated carbocycles. The maximum Gasteiger partial charge on any atom is 0.407 e. The molecule has 0 atom stereocenters. The highest BCUT2D eigenvalue weighted by atomic mass is 16.5. The Morgan fingerprint density at radius 3 is 2.77 bits per heavy atom. The molecule has 0 spiro atoms. The van der Waals surface area contributed by atoms with Gasteiger partial charge in [-0.3, -0.25) is 0 Å². The van der Waals surface area contributed by atoms with E-state index in [0.717, 1.165) is 24.8 Å². The number of aromatic hydroxyl groups is 1. The van der Waals surface area contributed by atoms with Crippen molar-refractivity contribution >= 4 is 6.09 Å². The normalized spacial score (nSPS) is 10.6. The summed E-state index contributed by atoms with van der Waals surface area (Å²) < 4.78 is 15.5. The van der Waals surface area contributed by atoms with Crippen molar-refractivity contribution in [2.45, 2.75) is 32.3 Å². The number of carbonyl (C=O) groups excluding carboxylic acids is 1. The Kier molecular flexibility index (Phi) is 7.65. The van der Waals surface area contributed by atoms with Crippen LogP contribution in [-0.4, -0.2) is 35.0 Å². The highest BCUT2D eigenvalue weighted by molar-refractivity contribution is 5.67. The number of alkyl carbamates (subject to hydrolysis) is 1. The number of benzene rings is 2. The van der Waals surface area contributed by atoms with Gasteiger partial charge in [-0.25, -0.2) is 4.79 Å². The molecule has 0 aliphatic heterocycles. The summed E-state index contributed by atoms with van der Waals surface area (Å²) in [6, 6.07) is 14.4. The molecule has 2 aromatic carbocycles. The second kappa shape index (κ2) is 10.8. The Labute approximate surface area is 174 Å². The van der Waals surface area contributed by atoms with Gasteiger partial charge in [-0.2, -0.15) is 4.98 Å². The van der Waals surface area contributed by atoms with Crippen LogP contribution in [-0.2, 0) is 17.8 Å². The topological polar surface area (TPSA) is 107 Å². The zero-order valence-electron chi connectivity index (χ0n) is 16.8. The number of nitrogens with one attached hydrogen (secondary N) is 1.